The van der Waals surface area contributed by atoms with Gasteiger partial charge in [-0.2, -0.15) is 0 Å². The Bertz CT molecular complexity index is 600. The molecule has 24 heavy (non-hydrogen) atoms. The van der Waals surface area contributed by atoms with Crippen molar-refractivity contribution in [1.82, 2.24) is 5.32 Å². The van der Waals surface area contributed by atoms with Crippen molar-refractivity contribution in [2.45, 2.75) is 50.5 Å². The number of halogens is 1. The Morgan fingerprint density at radius 2 is 2.00 bits per heavy atom. The van der Waals surface area contributed by atoms with Crippen LogP contribution in [0.1, 0.15) is 44.1 Å². The average Bonchev–Trinajstić information content (AvgIpc) is 3.02. The normalized spacial score (nSPS) is 21.4. The van der Waals surface area contributed by atoms with Crippen LogP contribution < -0.4 is 16.4 Å². The molecule has 0 saturated heterocycles. The highest BCUT2D eigenvalue weighted by molar-refractivity contribution is 5.96. The highest BCUT2D eigenvalue weighted by atomic mass is 35.5. The second-order valence-electron chi connectivity index (χ2n) is 6.83. The summed E-state index contributed by atoms with van der Waals surface area (Å²) in [6, 6.07) is 7.84. The SMILES string of the molecule is Cl.NCC1(NC(=O)CCC2Cc3ccccc3NC2=O)CCCC1. The number of benzene rings is 1. The number of hydrogen-bond acceptors (Lipinski definition) is 3. The lowest BCUT2D eigenvalue weighted by Gasteiger charge is -2.29. The van der Waals surface area contributed by atoms with E-state index in [4.69, 9.17) is 5.73 Å². The van der Waals surface area contributed by atoms with Crippen molar-refractivity contribution < 1.29 is 9.59 Å². The maximum absolute atomic E-state index is 12.3. The fraction of sp³-hybridized carbons (Fsp3) is 0.556. The second kappa shape index (κ2) is 7.99. The lowest BCUT2D eigenvalue weighted by molar-refractivity contribution is -0.124. The highest BCUT2D eigenvalue weighted by Gasteiger charge is 2.34. The van der Waals surface area contributed by atoms with E-state index < -0.39 is 0 Å². The summed E-state index contributed by atoms with van der Waals surface area (Å²) in [6.07, 6.45) is 5.84. The quantitative estimate of drug-likeness (QED) is 0.761. The van der Waals surface area contributed by atoms with Crippen LogP contribution in [0.5, 0.6) is 0 Å². The van der Waals surface area contributed by atoms with Gasteiger partial charge < -0.3 is 16.4 Å². The molecule has 0 radical (unpaired) electrons. The predicted octanol–water partition coefficient (Wildman–Crippen LogP) is 2.39. The van der Waals surface area contributed by atoms with Gasteiger partial charge in [0.25, 0.3) is 0 Å². The number of nitrogens with two attached hydrogens (primary N) is 1. The van der Waals surface area contributed by atoms with Crippen molar-refractivity contribution in [3.8, 4) is 0 Å². The molecule has 1 saturated carbocycles. The van der Waals surface area contributed by atoms with Gasteiger partial charge in [-0.25, -0.2) is 0 Å². The zero-order valence-electron chi connectivity index (χ0n) is 13.8. The first-order valence-electron chi connectivity index (χ1n) is 8.52. The number of para-hydroxylation sites is 1. The number of anilines is 1. The lowest BCUT2D eigenvalue weighted by Crippen LogP contribution is -2.51. The first-order valence-corrected chi connectivity index (χ1v) is 8.52. The van der Waals surface area contributed by atoms with Gasteiger partial charge in [0.2, 0.25) is 11.8 Å². The monoisotopic (exact) mass is 351 g/mol. The van der Waals surface area contributed by atoms with Crippen molar-refractivity contribution in [3.05, 3.63) is 29.8 Å². The highest BCUT2D eigenvalue weighted by Crippen LogP contribution is 2.30. The molecule has 0 aromatic heterocycles. The summed E-state index contributed by atoms with van der Waals surface area (Å²) < 4.78 is 0. The molecular formula is C18H26ClN3O2. The Morgan fingerprint density at radius 3 is 2.71 bits per heavy atom. The van der Waals surface area contributed by atoms with Gasteiger partial charge in [0.1, 0.15) is 0 Å². The van der Waals surface area contributed by atoms with Gasteiger partial charge in [-0.1, -0.05) is 31.0 Å². The first kappa shape index (κ1) is 18.7. The van der Waals surface area contributed by atoms with E-state index in [0.29, 0.717) is 25.8 Å². The average molecular weight is 352 g/mol. The van der Waals surface area contributed by atoms with E-state index in [9.17, 15) is 9.59 Å². The van der Waals surface area contributed by atoms with Crippen molar-refractivity contribution in [2.24, 2.45) is 11.7 Å². The number of carbonyl (C=O) groups excluding carboxylic acids is 2. The molecule has 5 nitrogen and oxygen atoms in total. The Labute approximate surface area is 149 Å². The van der Waals surface area contributed by atoms with Gasteiger partial charge in [0, 0.05) is 24.6 Å². The molecule has 132 valence electrons. The van der Waals surface area contributed by atoms with Crippen molar-refractivity contribution in [2.75, 3.05) is 11.9 Å². The smallest absolute Gasteiger partial charge is 0.227 e. The van der Waals surface area contributed by atoms with Crippen LogP contribution in [-0.4, -0.2) is 23.9 Å². The van der Waals surface area contributed by atoms with Gasteiger partial charge in [-0.15, -0.1) is 12.4 Å². The largest absolute Gasteiger partial charge is 0.349 e. The van der Waals surface area contributed by atoms with Crippen LogP contribution >= 0.6 is 12.4 Å². The molecule has 2 amide bonds. The van der Waals surface area contributed by atoms with Gasteiger partial charge >= 0.3 is 0 Å². The molecule has 4 N–H and O–H groups in total. The minimum Gasteiger partial charge on any atom is -0.349 e. The number of rotatable bonds is 5. The van der Waals surface area contributed by atoms with Crippen molar-refractivity contribution >= 4 is 29.9 Å². The number of fused-ring (bicyclic) bond motifs is 1. The molecule has 1 aliphatic heterocycles. The summed E-state index contributed by atoms with van der Waals surface area (Å²) in [7, 11) is 0. The van der Waals surface area contributed by atoms with Crippen LogP contribution in [0.4, 0.5) is 5.69 Å². The minimum atomic E-state index is -0.210. The van der Waals surface area contributed by atoms with Gasteiger partial charge in [-0.3, -0.25) is 9.59 Å². The third-order valence-electron chi connectivity index (χ3n) is 5.19. The number of carbonyl (C=O) groups is 2. The Kier molecular flexibility index (Phi) is 6.24. The van der Waals surface area contributed by atoms with Crippen LogP contribution in [0, 0.1) is 5.92 Å². The zero-order chi connectivity index (χ0) is 16.3. The molecule has 1 fully saturated rings. The molecule has 1 atom stereocenters. The fourth-order valence-corrected chi connectivity index (χ4v) is 3.74. The van der Waals surface area contributed by atoms with E-state index in [1.807, 2.05) is 24.3 Å². The molecule has 6 heteroatoms. The number of nitrogens with one attached hydrogen (secondary N) is 2. The number of amides is 2. The maximum atomic E-state index is 12.3. The van der Waals surface area contributed by atoms with Crippen LogP contribution in [0.25, 0.3) is 0 Å². The lowest BCUT2D eigenvalue weighted by atomic mass is 9.89. The molecule has 0 spiro atoms. The second-order valence-corrected chi connectivity index (χ2v) is 6.83. The molecule has 1 aliphatic carbocycles. The number of hydrogen-bond donors (Lipinski definition) is 3. The van der Waals surface area contributed by atoms with E-state index in [-0.39, 0.29) is 35.7 Å². The summed E-state index contributed by atoms with van der Waals surface area (Å²) in [5.41, 5.74) is 7.68. The maximum Gasteiger partial charge on any atom is 0.227 e. The third kappa shape index (κ3) is 4.08. The van der Waals surface area contributed by atoms with Gasteiger partial charge in [0.05, 0.1) is 5.54 Å². The summed E-state index contributed by atoms with van der Waals surface area (Å²) in [5.74, 6) is -0.0945. The topological polar surface area (TPSA) is 84.2 Å². The van der Waals surface area contributed by atoms with E-state index in [2.05, 4.69) is 10.6 Å². The Hall–Kier alpha value is -1.59. The van der Waals surface area contributed by atoms with E-state index >= 15 is 0 Å². The molecular weight excluding hydrogens is 326 g/mol. The first-order chi connectivity index (χ1) is 11.1. The van der Waals surface area contributed by atoms with E-state index in [1.54, 1.807) is 0 Å². The standard InChI is InChI=1S/C18H25N3O2.ClH/c19-12-18(9-3-4-10-18)21-16(22)8-7-14-11-13-5-1-2-6-15(13)20-17(14)23;/h1-2,5-6,14H,3-4,7-12,19H2,(H,20,23)(H,21,22);1H. The van der Waals surface area contributed by atoms with Crippen LogP contribution in [0.3, 0.4) is 0 Å². The van der Waals surface area contributed by atoms with Crippen LogP contribution in [0.2, 0.25) is 0 Å². The predicted molar refractivity (Wildman–Crippen MR) is 97.1 cm³/mol. The van der Waals surface area contributed by atoms with E-state index in [1.165, 1.54) is 0 Å². The molecule has 1 unspecified atom stereocenters. The van der Waals surface area contributed by atoms with Crippen LogP contribution in [-0.2, 0) is 16.0 Å². The zero-order valence-corrected chi connectivity index (χ0v) is 14.7. The summed E-state index contributed by atoms with van der Waals surface area (Å²) in [4.78, 5) is 24.4. The van der Waals surface area contributed by atoms with Gasteiger partial charge in [0.15, 0.2) is 0 Å². The van der Waals surface area contributed by atoms with Gasteiger partial charge in [-0.05, 0) is 37.3 Å². The third-order valence-corrected chi connectivity index (χ3v) is 5.19. The molecule has 2 aliphatic rings. The Balaban J connectivity index is 0.00000208. The molecule has 1 aromatic rings. The molecule has 0 bridgehead atoms. The molecule has 3 rings (SSSR count). The summed E-state index contributed by atoms with van der Waals surface area (Å²) in [5, 5.41) is 6.05. The van der Waals surface area contributed by atoms with E-state index in [0.717, 1.165) is 36.9 Å². The van der Waals surface area contributed by atoms with Crippen LogP contribution in [0.15, 0.2) is 24.3 Å². The van der Waals surface area contributed by atoms with Crippen molar-refractivity contribution in [1.29, 1.82) is 0 Å². The molecule has 1 aromatic carbocycles. The minimum absolute atomic E-state index is 0. The van der Waals surface area contributed by atoms with Crippen molar-refractivity contribution in [3.63, 3.8) is 0 Å². The Morgan fingerprint density at radius 1 is 1.29 bits per heavy atom. The summed E-state index contributed by atoms with van der Waals surface area (Å²) >= 11 is 0. The fourth-order valence-electron chi connectivity index (χ4n) is 3.74. The summed E-state index contributed by atoms with van der Waals surface area (Å²) in [6.45, 7) is 0.496. The molecule has 1 heterocycles.